The second kappa shape index (κ2) is 7.48. The van der Waals surface area contributed by atoms with Crippen LogP contribution in [-0.4, -0.2) is 24.0 Å². The summed E-state index contributed by atoms with van der Waals surface area (Å²) in [7, 11) is 1.68. The number of aromatic nitrogens is 1. The molecule has 1 atom stereocenters. The molecule has 4 nitrogen and oxygen atoms in total. The van der Waals surface area contributed by atoms with E-state index in [1.54, 1.807) is 18.4 Å². The van der Waals surface area contributed by atoms with Crippen LogP contribution < -0.4 is 10.6 Å². The fourth-order valence-corrected chi connectivity index (χ4v) is 2.56. The number of amides is 1. The number of carbonyl (C=O) groups excluding carboxylic acids is 1. The van der Waals surface area contributed by atoms with Crippen molar-refractivity contribution in [2.75, 3.05) is 7.05 Å². The van der Waals surface area contributed by atoms with Gasteiger partial charge in [-0.15, -0.1) is 11.3 Å². The molecule has 2 N–H and O–H groups in total. The molecule has 0 saturated heterocycles. The van der Waals surface area contributed by atoms with Crippen molar-refractivity contribution in [3.8, 4) is 0 Å². The molecule has 5 heteroatoms. The molecule has 0 aliphatic rings. The summed E-state index contributed by atoms with van der Waals surface area (Å²) in [5.41, 5.74) is 0. The molecular formula is C13H23N3OS. The van der Waals surface area contributed by atoms with Crippen LogP contribution in [-0.2, 0) is 17.8 Å². The molecule has 0 radical (unpaired) electrons. The van der Waals surface area contributed by atoms with Crippen LogP contribution in [0.3, 0.4) is 0 Å². The minimum absolute atomic E-state index is 0.0592. The van der Waals surface area contributed by atoms with E-state index in [1.165, 1.54) is 4.88 Å². The lowest BCUT2D eigenvalue weighted by atomic mass is 10.0. The van der Waals surface area contributed by atoms with Crippen LogP contribution in [0.4, 0.5) is 0 Å². The first-order chi connectivity index (χ1) is 8.56. The quantitative estimate of drug-likeness (QED) is 0.795. The van der Waals surface area contributed by atoms with Crippen LogP contribution in [0.2, 0.25) is 0 Å². The van der Waals surface area contributed by atoms with E-state index in [9.17, 15) is 4.79 Å². The van der Waals surface area contributed by atoms with Crippen molar-refractivity contribution in [3.05, 3.63) is 16.1 Å². The van der Waals surface area contributed by atoms with Gasteiger partial charge >= 0.3 is 0 Å². The number of nitrogens with zero attached hydrogens (tertiary/aromatic N) is 1. The van der Waals surface area contributed by atoms with Crippen molar-refractivity contribution < 1.29 is 4.79 Å². The van der Waals surface area contributed by atoms with E-state index in [0.29, 0.717) is 12.5 Å². The molecule has 0 spiro atoms. The van der Waals surface area contributed by atoms with E-state index < -0.39 is 0 Å². The number of aryl methyl sites for hydroxylation is 1. The summed E-state index contributed by atoms with van der Waals surface area (Å²) in [4.78, 5) is 17.2. The van der Waals surface area contributed by atoms with E-state index >= 15 is 0 Å². The van der Waals surface area contributed by atoms with E-state index in [4.69, 9.17) is 0 Å². The Balaban J connectivity index is 2.52. The lowest BCUT2D eigenvalue weighted by Crippen LogP contribution is -2.43. The van der Waals surface area contributed by atoms with Crippen molar-refractivity contribution in [2.24, 2.45) is 5.92 Å². The van der Waals surface area contributed by atoms with Crippen LogP contribution in [0.15, 0.2) is 6.20 Å². The summed E-state index contributed by atoms with van der Waals surface area (Å²) < 4.78 is 0. The van der Waals surface area contributed by atoms with E-state index in [2.05, 4.69) is 36.4 Å². The highest BCUT2D eigenvalue weighted by atomic mass is 32.1. The molecule has 0 saturated carbocycles. The molecular weight excluding hydrogens is 246 g/mol. The molecule has 102 valence electrons. The SMILES string of the molecule is CCc1ncc(CNC(CC(C)C)C(=O)NC)s1. The molecule has 1 unspecified atom stereocenters. The lowest BCUT2D eigenvalue weighted by Gasteiger charge is -2.18. The van der Waals surface area contributed by atoms with Crippen molar-refractivity contribution in [2.45, 2.75) is 46.2 Å². The average molecular weight is 269 g/mol. The van der Waals surface area contributed by atoms with Gasteiger partial charge in [-0.05, 0) is 18.8 Å². The molecule has 0 aromatic carbocycles. The topological polar surface area (TPSA) is 54.0 Å². The smallest absolute Gasteiger partial charge is 0.236 e. The van der Waals surface area contributed by atoms with Gasteiger partial charge in [-0.2, -0.15) is 0 Å². The minimum Gasteiger partial charge on any atom is -0.358 e. The van der Waals surface area contributed by atoms with Crippen molar-refractivity contribution >= 4 is 17.2 Å². The third-order valence-corrected chi connectivity index (χ3v) is 3.84. The Kier molecular flexibility index (Phi) is 6.29. The van der Waals surface area contributed by atoms with Gasteiger partial charge in [0.15, 0.2) is 0 Å². The first kappa shape index (κ1) is 15.1. The second-order valence-corrected chi connectivity index (χ2v) is 5.95. The van der Waals surface area contributed by atoms with Gasteiger partial charge in [-0.25, -0.2) is 4.98 Å². The Hall–Kier alpha value is -0.940. The number of likely N-dealkylation sites (N-methyl/N-ethyl adjacent to an activating group) is 1. The fraction of sp³-hybridized carbons (Fsp3) is 0.692. The molecule has 0 aliphatic carbocycles. The molecule has 1 aromatic rings. The number of hydrogen-bond donors (Lipinski definition) is 2. The highest BCUT2D eigenvalue weighted by molar-refractivity contribution is 7.11. The largest absolute Gasteiger partial charge is 0.358 e. The van der Waals surface area contributed by atoms with E-state index in [0.717, 1.165) is 17.8 Å². The maximum atomic E-state index is 11.7. The Morgan fingerprint density at radius 2 is 2.22 bits per heavy atom. The summed E-state index contributed by atoms with van der Waals surface area (Å²) >= 11 is 1.71. The Labute approximate surface area is 113 Å². The fourth-order valence-electron chi connectivity index (χ4n) is 1.75. The predicted octanol–water partition coefficient (Wildman–Crippen LogP) is 1.96. The average Bonchev–Trinajstić information content (AvgIpc) is 2.81. The predicted molar refractivity (Wildman–Crippen MR) is 75.6 cm³/mol. The van der Waals surface area contributed by atoms with Gasteiger partial charge in [0.2, 0.25) is 5.91 Å². The maximum Gasteiger partial charge on any atom is 0.236 e. The Morgan fingerprint density at radius 1 is 1.50 bits per heavy atom. The first-order valence-corrected chi connectivity index (χ1v) is 7.27. The third-order valence-electron chi connectivity index (χ3n) is 2.70. The van der Waals surface area contributed by atoms with Crippen molar-refractivity contribution in [3.63, 3.8) is 0 Å². The number of rotatable bonds is 7. The summed E-state index contributed by atoms with van der Waals surface area (Å²) in [5, 5.41) is 7.17. The summed E-state index contributed by atoms with van der Waals surface area (Å²) in [6.07, 6.45) is 3.71. The second-order valence-electron chi connectivity index (χ2n) is 4.75. The molecule has 1 rings (SSSR count). The number of thiazole rings is 1. The van der Waals surface area contributed by atoms with Crippen LogP contribution in [0, 0.1) is 5.92 Å². The maximum absolute atomic E-state index is 11.7. The minimum atomic E-state index is -0.123. The summed E-state index contributed by atoms with van der Waals surface area (Å²) in [5.74, 6) is 0.552. The van der Waals surface area contributed by atoms with Gasteiger partial charge in [-0.3, -0.25) is 4.79 Å². The van der Waals surface area contributed by atoms with Gasteiger partial charge in [0.1, 0.15) is 0 Å². The zero-order valence-electron chi connectivity index (χ0n) is 11.6. The van der Waals surface area contributed by atoms with Crippen molar-refractivity contribution in [1.82, 2.24) is 15.6 Å². The first-order valence-electron chi connectivity index (χ1n) is 6.45. The molecule has 0 aliphatic heterocycles. The van der Waals surface area contributed by atoms with Crippen LogP contribution in [0.1, 0.15) is 37.1 Å². The van der Waals surface area contributed by atoms with Crippen molar-refractivity contribution in [1.29, 1.82) is 0 Å². The van der Waals surface area contributed by atoms with Crippen LogP contribution >= 0.6 is 11.3 Å². The normalized spacial score (nSPS) is 12.7. The Morgan fingerprint density at radius 3 is 2.72 bits per heavy atom. The number of carbonyl (C=O) groups is 1. The van der Waals surface area contributed by atoms with E-state index in [-0.39, 0.29) is 11.9 Å². The number of hydrogen-bond acceptors (Lipinski definition) is 4. The molecule has 1 amide bonds. The number of nitrogens with one attached hydrogen (secondary N) is 2. The van der Waals surface area contributed by atoms with Crippen LogP contribution in [0.5, 0.6) is 0 Å². The van der Waals surface area contributed by atoms with Gasteiger partial charge in [0.05, 0.1) is 11.0 Å². The lowest BCUT2D eigenvalue weighted by molar-refractivity contribution is -0.123. The highest BCUT2D eigenvalue weighted by Crippen LogP contribution is 2.14. The third kappa shape index (κ3) is 4.74. The summed E-state index contributed by atoms with van der Waals surface area (Å²) in [6, 6.07) is -0.123. The monoisotopic (exact) mass is 269 g/mol. The summed E-state index contributed by atoms with van der Waals surface area (Å²) in [6.45, 7) is 7.06. The Bertz CT molecular complexity index is 376. The zero-order chi connectivity index (χ0) is 13.5. The van der Waals surface area contributed by atoms with Gasteiger partial charge in [0, 0.05) is 24.7 Å². The van der Waals surface area contributed by atoms with Gasteiger partial charge < -0.3 is 10.6 Å². The van der Waals surface area contributed by atoms with E-state index in [1.807, 2.05) is 6.20 Å². The van der Waals surface area contributed by atoms with Crippen LogP contribution in [0.25, 0.3) is 0 Å². The highest BCUT2D eigenvalue weighted by Gasteiger charge is 2.18. The molecule has 0 bridgehead atoms. The molecule has 18 heavy (non-hydrogen) atoms. The molecule has 1 heterocycles. The van der Waals surface area contributed by atoms with Gasteiger partial charge in [-0.1, -0.05) is 20.8 Å². The molecule has 0 fully saturated rings. The standard InChI is InChI=1S/C13H23N3OS/c1-5-12-16-8-10(18-12)7-15-11(6-9(2)3)13(17)14-4/h8-9,11,15H,5-7H2,1-4H3,(H,14,17). The molecule has 1 aromatic heterocycles. The zero-order valence-corrected chi connectivity index (χ0v) is 12.4. The van der Waals surface area contributed by atoms with Gasteiger partial charge in [0.25, 0.3) is 0 Å².